The molecule has 1 amide bonds. The van der Waals surface area contributed by atoms with Crippen LogP contribution in [0.2, 0.25) is 0 Å². The average molecular weight is 214 g/mol. The zero-order valence-corrected chi connectivity index (χ0v) is 9.70. The third-order valence-corrected chi connectivity index (χ3v) is 3.03. The van der Waals surface area contributed by atoms with Gasteiger partial charge < -0.3 is 15.3 Å². The molecule has 0 aromatic heterocycles. The second-order valence-electron chi connectivity index (χ2n) is 4.37. The van der Waals surface area contributed by atoms with Crippen molar-refractivity contribution < 1.29 is 9.90 Å². The van der Waals surface area contributed by atoms with Gasteiger partial charge in [0.1, 0.15) is 0 Å². The number of nitrogens with zero attached hydrogens (tertiary/aromatic N) is 1. The number of nitrogens with one attached hydrogen (secondary N) is 1. The highest BCUT2D eigenvalue weighted by Gasteiger charge is 2.21. The monoisotopic (exact) mass is 214 g/mol. The van der Waals surface area contributed by atoms with Gasteiger partial charge in [0.15, 0.2) is 0 Å². The predicted molar refractivity (Wildman–Crippen MR) is 59.6 cm³/mol. The van der Waals surface area contributed by atoms with E-state index in [0.29, 0.717) is 18.9 Å². The van der Waals surface area contributed by atoms with E-state index in [2.05, 4.69) is 5.32 Å². The van der Waals surface area contributed by atoms with E-state index < -0.39 is 0 Å². The first-order chi connectivity index (χ1) is 7.11. The zero-order chi connectivity index (χ0) is 11.3. The number of amides is 1. The number of carbonyl (C=O) groups is 1. The molecule has 4 nitrogen and oxygen atoms in total. The van der Waals surface area contributed by atoms with E-state index in [-0.39, 0.29) is 12.0 Å². The summed E-state index contributed by atoms with van der Waals surface area (Å²) in [5, 5.41) is 12.4. The van der Waals surface area contributed by atoms with Gasteiger partial charge in [-0.3, -0.25) is 4.79 Å². The average Bonchev–Trinajstić information content (AvgIpc) is 2.26. The molecule has 88 valence electrons. The lowest BCUT2D eigenvalue weighted by Crippen LogP contribution is -2.44. The highest BCUT2D eigenvalue weighted by atomic mass is 16.3. The molecule has 0 aromatic carbocycles. The molecule has 0 radical (unpaired) electrons. The van der Waals surface area contributed by atoms with E-state index in [4.69, 9.17) is 5.11 Å². The fraction of sp³-hybridized carbons (Fsp3) is 0.909. The van der Waals surface area contributed by atoms with Gasteiger partial charge in [0, 0.05) is 19.5 Å². The van der Waals surface area contributed by atoms with Crippen LogP contribution in [0.1, 0.15) is 32.6 Å². The third kappa shape index (κ3) is 4.18. The third-order valence-electron chi connectivity index (χ3n) is 3.03. The number of carbonyl (C=O) groups excluding carboxylic acids is 1. The van der Waals surface area contributed by atoms with E-state index in [1.807, 2.05) is 11.9 Å². The van der Waals surface area contributed by atoms with Gasteiger partial charge in [-0.05, 0) is 39.3 Å². The van der Waals surface area contributed by atoms with Gasteiger partial charge in [-0.25, -0.2) is 0 Å². The SMILES string of the molecule is CC(O)CCC(=O)N(C)C1CCNCC1. The number of aliphatic hydroxyl groups is 1. The van der Waals surface area contributed by atoms with Crippen LogP contribution in [-0.2, 0) is 4.79 Å². The molecule has 0 saturated carbocycles. The molecule has 1 atom stereocenters. The van der Waals surface area contributed by atoms with Crippen LogP contribution in [0.5, 0.6) is 0 Å². The van der Waals surface area contributed by atoms with Crippen molar-refractivity contribution in [2.75, 3.05) is 20.1 Å². The highest BCUT2D eigenvalue weighted by Crippen LogP contribution is 2.12. The Morgan fingerprint density at radius 1 is 1.53 bits per heavy atom. The molecule has 1 unspecified atom stereocenters. The normalized spacial score (nSPS) is 19.9. The standard InChI is InChI=1S/C11H22N2O2/c1-9(14)3-4-11(15)13(2)10-5-7-12-8-6-10/h9-10,12,14H,3-8H2,1-2H3. The number of rotatable bonds is 4. The Hall–Kier alpha value is -0.610. The van der Waals surface area contributed by atoms with E-state index in [1.54, 1.807) is 6.92 Å². The highest BCUT2D eigenvalue weighted by molar-refractivity contribution is 5.76. The lowest BCUT2D eigenvalue weighted by molar-refractivity contribution is -0.133. The minimum absolute atomic E-state index is 0.155. The van der Waals surface area contributed by atoms with Crippen LogP contribution in [0.4, 0.5) is 0 Å². The summed E-state index contributed by atoms with van der Waals surface area (Å²) < 4.78 is 0. The Kier molecular flexibility index (Phi) is 5.05. The molecule has 0 bridgehead atoms. The van der Waals surface area contributed by atoms with E-state index in [0.717, 1.165) is 25.9 Å². The van der Waals surface area contributed by atoms with Gasteiger partial charge in [0.25, 0.3) is 0 Å². The number of hydrogen-bond acceptors (Lipinski definition) is 3. The van der Waals surface area contributed by atoms with Gasteiger partial charge in [-0.1, -0.05) is 0 Å². The summed E-state index contributed by atoms with van der Waals surface area (Å²) >= 11 is 0. The van der Waals surface area contributed by atoms with Crippen LogP contribution >= 0.6 is 0 Å². The molecule has 1 aliphatic rings. The van der Waals surface area contributed by atoms with Crippen LogP contribution < -0.4 is 5.32 Å². The second-order valence-corrected chi connectivity index (χ2v) is 4.37. The van der Waals surface area contributed by atoms with Crippen LogP contribution in [0.15, 0.2) is 0 Å². The summed E-state index contributed by atoms with van der Waals surface area (Å²) in [5.74, 6) is 0.155. The summed E-state index contributed by atoms with van der Waals surface area (Å²) in [6.45, 7) is 3.72. The number of aliphatic hydroxyl groups excluding tert-OH is 1. The van der Waals surface area contributed by atoms with Crippen LogP contribution in [-0.4, -0.2) is 48.2 Å². The lowest BCUT2D eigenvalue weighted by Gasteiger charge is -2.31. The maximum Gasteiger partial charge on any atom is 0.222 e. The van der Waals surface area contributed by atoms with Gasteiger partial charge in [0.05, 0.1) is 6.10 Å². The molecule has 2 N–H and O–H groups in total. The van der Waals surface area contributed by atoms with E-state index in [9.17, 15) is 4.79 Å². The van der Waals surface area contributed by atoms with Gasteiger partial charge >= 0.3 is 0 Å². The van der Waals surface area contributed by atoms with Crippen molar-refractivity contribution in [2.24, 2.45) is 0 Å². The molecule has 0 aliphatic carbocycles. The predicted octanol–water partition coefficient (Wildman–Crippen LogP) is 0.358. The van der Waals surface area contributed by atoms with Crippen molar-refractivity contribution in [3.63, 3.8) is 0 Å². The summed E-state index contributed by atoms with van der Waals surface area (Å²) in [6, 6.07) is 0.382. The Bertz CT molecular complexity index is 201. The molecule has 0 aromatic rings. The molecule has 1 saturated heterocycles. The minimum atomic E-state index is -0.379. The Morgan fingerprint density at radius 2 is 2.13 bits per heavy atom. The van der Waals surface area contributed by atoms with Crippen molar-refractivity contribution in [2.45, 2.75) is 44.8 Å². The zero-order valence-electron chi connectivity index (χ0n) is 9.70. The first-order valence-electron chi connectivity index (χ1n) is 5.75. The maximum absolute atomic E-state index is 11.7. The fourth-order valence-corrected chi connectivity index (χ4v) is 1.91. The molecule has 4 heteroatoms. The summed E-state index contributed by atoms with van der Waals surface area (Å²) in [5.41, 5.74) is 0. The van der Waals surface area contributed by atoms with Crippen molar-refractivity contribution in [1.29, 1.82) is 0 Å². The first-order valence-corrected chi connectivity index (χ1v) is 5.75. The van der Waals surface area contributed by atoms with Crippen molar-refractivity contribution in [3.05, 3.63) is 0 Å². The Morgan fingerprint density at radius 3 is 2.67 bits per heavy atom. The smallest absolute Gasteiger partial charge is 0.222 e. The maximum atomic E-state index is 11.7. The molecule has 1 aliphatic heterocycles. The molecular formula is C11H22N2O2. The van der Waals surface area contributed by atoms with E-state index >= 15 is 0 Å². The molecule has 1 heterocycles. The van der Waals surface area contributed by atoms with Crippen molar-refractivity contribution in [1.82, 2.24) is 10.2 Å². The molecule has 0 spiro atoms. The van der Waals surface area contributed by atoms with Crippen LogP contribution in [0, 0.1) is 0 Å². The van der Waals surface area contributed by atoms with Crippen LogP contribution in [0.3, 0.4) is 0 Å². The van der Waals surface area contributed by atoms with Crippen LogP contribution in [0.25, 0.3) is 0 Å². The van der Waals surface area contributed by atoms with Gasteiger partial charge in [-0.2, -0.15) is 0 Å². The summed E-state index contributed by atoms with van der Waals surface area (Å²) in [7, 11) is 1.88. The summed E-state index contributed by atoms with van der Waals surface area (Å²) in [4.78, 5) is 13.6. The van der Waals surface area contributed by atoms with E-state index in [1.165, 1.54) is 0 Å². The summed E-state index contributed by atoms with van der Waals surface area (Å²) in [6.07, 6.45) is 2.72. The quantitative estimate of drug-likeness (QED) is 0.710. The first kappa shape index (κ1) is 12.5. The number of hydrogen-bond donors (Lipinski definition) is 2. The van der Waals surface area contributed by atoms with Gasteiger partial charge in [0.2, 0.25) is 5.91 Å². The molecule has 1 fully saturated rings. The molecule has 15 heavy (non-hydrogen) atoms. The Labute approximate surface area is 91.6 Å². The van der Waals surface area contributed by atoms with Gasteiger partial charge in [-0.15, -0.1) is 0 Å². The Balaban J connectivity index is 2.30. The number of piperidine rings is 1. The lowest BCUT2D eigenvalue weighted by atomic mass is 10.0. The van der Waals surface area contributed by atoms with Crippen molar-refractivity contribution >= 4 is 5.91 Å². The van der Waals surface area contributed by atoms with Crippen molar-refractivity contribution in [3.8, 4) is 0 Å². The molecule has 1 rings (SSSR count). The second kappa shape index (κ2) is 6.08. The molecular weight excluding hydrogens is 192 g/mol. The largest absolute Gasteiger partial charge is 0.393 e. The minimum Gasteiger partial charge on any atom is -0.393 e. The topological polar surface area (TPSA) is 52.6 Å². The fourth-order valence-electron chi connectivity index (χ4n) is 1.91.